The predicted molar refractivity (Wildman–Crippen MR) is 209 cm³/mol. The van der Waals surface area contributed by atoms with Crippen LogP contribution in [0.2, 0.25) is 0 Å². The highest BCUT2D eigenvalue weighted by atomic mass is 19.4. The number of aromatic amines is 2. The molecule has 6 aromatic rings. The second-order valence-electron chi connectivity index (χ2n) is 16.5. The Bertz CT molecular complexity index is 2690. The highest BCUT2D eigenvalue weighted by Crippen LogP contribution is 2.45. The van der Waals surface area contributed by atoms with Crippen molar-refractivity contribution < 1.29 is 55.2 Å². The second-order valence-corrected chi connectivity index (χ2v) is 16.5. The van der Waals surface area contributed by atoms with E-state index in [1.165, 1.54) is 38.2 Å². The number of amides is 2. The van der Waals surface area contributed by atoms with E-state index in [1.54, 1.807) is 12.1 Å². The van der Waals surface area contributed by atoms with Crippen LogP contribution in [0, 0.1) is 0 Å². The third-order valence-corrected chi connectivity index (χ3v) is 11.5. The van der Waals surface area contributed by atoms with E-state index in [-0.39, 0.29) is 71.8 Å². The number of nitrogens with zero attached hydrogens (tertiary/aromatic N) is 9. The van der Waals surface area contributed by atoms with Gasteiger partial charge in [-0.25, -0.2) is 29.5 Å². The molecule has 340 valence electrons. The summed E-state index contributed by atoms with van der Waals surface area (Å²) in [6, 6.07) is 5.83. The van der Waals surface area contributed by atoms with Gasteiger partial charge in [0.1, 0.15) is 29.6 Å². The van der Waals surface area contributed by atoms with E-state index in [1.807, 2.05) is 13.8 Å². The number of imidazole rings is 2. The van der Waals surface area contributed by atoms with Crippen LogP contribution in [0.4, 0.5) is 59.5 Å². The van der Waals surface area contributed by atoms with Gasteiger partial charge in [0.2, 0.25) is 11.9 Å². The van der Waals surface area contributed by atoms with Gasteiger partial charge in [-0.05, 0) is 51.7 Å². The molecule has 6 N–H and O–H groups in total. The first kappa shape index (κ1) is 42.6. The molecule has 2 aliphatic heterocycles. The van der Waals surface area contributed by atoms with Gasteiger partial charge in [0.15, 0.2) is 23.0 Å². The zero-order valence-corrected chi connectivity index (χ0v) is 33.9. The van der Waals surface area contributed by atoms with Crippen molar-refractivity contribution in [3.05, 3.63) is 71.8 Å². The molecule has 2 saturated carbocycles. The van der Waals surface area contributed by atoms with E-state index in [9.17, 15) is 41.0 Å². The normalized spacial score (nSPS) is 22.2. The topological polar surface area (TPSA) is 239 Å². The average molecular weight is 903 g/mol. The van der Waals surface area contributed by atoms with E-state index < -0.39 is 35.9 Å². The van der Waals surface area contributed by atoms with Gasteiger partial charge < -0.3 is 35.3 Å². The molecule has 64 heavy (non-hydrogen) atoms. The SMILES string of the molecule is CC1(N(C(=O)O)[C@H]2CO[C@H](c3cc(Nc4nccc5nc(C(F)(F)F)cn45)n[nH]3)C2)CC1.CC1(NC(=O)O[C@H]2CO[C@@H](c3cc(Nc4nccc5nc(C(F)(F)F)cn45)n[nH]3)C2)CC1. The quantitative estimate of drug-likeness (QED) is 0.0767. The van der Waals surface area contributed by atoms with Crippen LogP contribution < -0.4 is 16.0 Å². The lowest BCUT2D eigenvalue weighted by atomic mass is 10.1. The van der Waals surface area contributed by atoms with Crippen molar-refractivity contribution >= 4 is 47.0 Å². The summed E-state index contributed by atoms with van der Waals surface area (Å²) in [5.41, 5.74) is -1.06. The van der Waals surface area contributed by atoms with Crippen LogP contribution in [0.1, 0.15) is 87.4 Å². The molecule has 0 unspecified atom stereocenters. The molecule has 4 aliphatic rings. The maximum absolute atomic E-state index is 13.0. The van der Waals surface area contributed by atoms with E-state index >= 15 is 0 Å². The van der Waals surface area contributed by atoms with Crippen molar-refractivity contribution in [3.63, 3.8) is 0 Å². The molecule has 2 amide bonds. The number of carbonyl (C=O) groups excluding carboxylic acids is 1. The number of aromatic nitrogens is 10. The number of carboxylic acid groups (broad SMARTS) is 1. The first-order valence-corrected chi connectivity index (χ1v) is 20.0. The number of hydrogen-bond acceptors (Lipinski definition) is 13. The Labute approximate surface area is 357 Å². The minimum Gasteiger partial charge on any atom is -0.465 e. The molecule has 0 bridgehead atoms. The highest BCUT2D eigenvalue weighted by Gasteiger charge is 2.51. The minimum absolute atomic E-state index is 0.0925. The van der Waals surface area contributed by atoms with Gasteiger partial charge in [0, 0.05) is 60.8 Å². The predicted octanol–water partition coefficient (Wildman–Crippen LogP) is 6.90. The standard InChI is InChI=1S/2C19H20F3N7O3/c1-18(3-4-18)26-17(30)32-10-6-12(31-9-10)11-7-14(28-27-11)25-16-23-5-2-15-24-13(8-29(15)16)19(20,21)22;1-18(3-4-18)29(17(30)31)10-6-12(32-9-10)11-7-14(27-26-11)25-16-23-5-2-15-24-13(8-28(15)16)19(20,21)22/h2,5,7-8,10,12H,3-4,6,9H2,1H3,(H,26,30)(H2,23,25,27,28);2,5,7-8,10,12H,3-4,6,9H2,1H3,(H,30,31)(H2,23,25,26,27)/t10-,12-;10-,12+/m11/s1. The van der Waals surface area contributed by atoms with Gasteiger partial charge in [0.05, 0.1) is 30.6 Å². The minimum atomic E-state index is -4.57. The Balaban J connectivity index is 0.000000162. The van der Waals surface area contributed by atoms with E-state index in [0.717, 1.165) is 38.1 Å². The van der Waals surface area contributed by atoms with Gasteiger partial charge >= 0.3 is 24.5 Å². The van der Waals surface area contributed by atoms with Gasteiger partial charge in [-0.3, -0.25) is 23.9 Å². The highest BCUT2D eigenvalue weighted by molar-refractivity contribution is 5.69. The molecule has 6 aromatic heterocycles. The second kappa shape index (κ2) is 15.8. The molecular formula is C38H40F6N14O6. The molecule has 20 nitrogen and oxygen atoms in total. The molecule has 4 fully saturated rings. The summed E-state index contributed by atoms with van der Waals surface area (Å²) in [5.74, 6) is 0.919. The number of rotatable bonds is 10. The van der Waals surface area contributed by atoms with Crippen LogP contribution >= 0.6 is 0 Å². The Morgan fingerprint density at radius 1 is 0.812 bits per heavy atom. The van der Waals surface area contributed by atoms with Crippen LogP contribution in [-0.4, -0.2) is 108 Å². The molecular weight excluding hydrogens is 862 g/mol. The van der Waals surface area contributed by atoms with Gasteiger partial charge in [-0.2, -0.15) is 36.5 Å². The third-order valence-electron chi connectivity index (χ3n) is 11.5. The molecule has 10 rings (SSSR count). The van der Waals surface area contributed by atoms with Crippen LogP contribution in [0.5, 0.6) is 0 Å². The molecule has 2 saturated heterocycles. The van der Waals surface area contributed by atoms with Crippen molar-refractivity contribution in [1.29, 1.82) is 0 Å². The number of anilines is 4. The fourth-order valence-electron chi connectivity index (χ4n) is 7.55. The van der Waals surface area contributed by atoms with Crippen LogP contribution in [0.15, 0.2) is 49.1 Å². The van der Waals surface area contributed by atoms with Crippen molar-refractivity contribution in [2.24, 2.45) is 0 Å². The number of ether oxygens (including phenoxy) is 3. The first-order chi connectivity index (χ1) is 30.3. The van der Waals surface area contributed by atoms with Crippen molar-refractivity contribution in [2.75, 3.05) is 23.8 Å². The Kier molecular flexibility index (Phi) is 10.5. The summed E-state index contributed by atoms with van der Waals surface area (Å²) in [4.78, 5) is 40.5. The molecule has 4 atom stereocenters. The average Bonchev–Trinajstić information content (AvgIpc) is 3.77. The largest absolute Gasteiger partial charge is 0.465 e. The first-order valence-electron chi connectivity index (χ1n) is 20.0. The van der Waals surface area contributed by atoms with E-state index in [0.29, 0.717) is 35.9 Å². The van der Waals surface area contributed by atoms with E-state index in [4.69, 9.17) is 14.2 Å². The molecule has 0 aromatic carbocycles. The lowest BCUT2D eigenvalue weighted by Crippen LogP contribution is -2.47. The Morgan fingerprint density at radius 2 is 1.33 bits per heavy atom. The number of alkyl halides is 6. The summed E-state index contributed by atoms with van der Waals surface area (Å²) in [7, 11) is 0. The maximum atomic E-state index is 13.0. The Hall–Kier alpha value is -6.70. The number of alkyl carbamates (subject to hydrolysis) is 1. The lowest BCUT2D eigenvalue weighted by Gasteiger charge is -2.31. The maximum Gasteiger partial charge on any atom is 0.434 e. The summed E-state index contributed by atoms with van der Waals surface area (Å²) < 4.78 is 97.2. The lowest BCUT2D eigenvalue weighted by molar-refractivity contribution is -0.141. The van der Waals surface area contributed by atoms with Crippen molar-refractivity contribution in [1.82, 2.24) is 59.3 Å². The van der Waals surface area contributed by atoms with Gasteiger partial charge in [0.25, 0.3) is 0 Å². The number of nitrogens with one attached hydrogen (secondary N) is 5. The summed E-state index contributed by atoms with van der Waals surface area (Å²) >= 11 is 0. The van der Waals surface area contributed by atoms with Crippen LogP contribution in [0.25, 0.3) is 11.3 Å². The van der Waals surface area contributed by atoms with Gasteiger partial charge in [-0.15, -0.1) is 0 Å². The molecule has 0 radical (unpaired) electrons. The summed E-state index contributed by atoms with van der Waals surface area (Å²) in [6.07, 6.45) is -2.74. The Morgan fingerprint density at radius 3 is 1.81 bits per heavy atom. The molecule has 0 spiro atoms. The van der Waals surface area contributed by atoms with Crippen LogP contribution in [-0.2, 0) is 26.6 Å². The number of H-pyrrole nitrogens is 2. The van der Waals surface area contributed by atoms with Crippen LogP contribution in [0.3, 0.4) is 0 Å². The fourth-order valence-corrected chi connectivity index (χ4v) is 7.55. The number of hydrogen-bond donors (Lipinski definition) is 6. The zero-order valence-electron chi connectivity index (χ0n) is 33.9. The summed E-state index contributed by atoms with van der Waals surface area (Å²) in [5, 5.41) is 32.2. The monoisotopic (exact) mass is 902 g/mol. The zero-order chi connectivity index (χ0) is 45.2. The fraction of sp³-hybridized carbons (Fsp3) is 0.474. The smallest absolute Gasteiger partial charge is 0.434 e. The summed E-state index contributed by atoms with van der Waals surface area (Å²) in [6.45, 7) is 4.43. The number of halogens is 6. The number of carbonyl (C=O) groups is 2. The molecule has 2 aliphatic carbocycles. The van der Waals surface area contributed by atoms with Crippen molar-refractivity contribution in [2.45, 2.75) is 100 Å². The molecule has 26 heteroatoms. The van der Waals surface area contributed by atoms with E-state index in [2.05, 4.69) is 56.3 Å². The van der Waals surface area contributed by atoms with Crippen molar-refractivity contribution in [3.8, 4) is 0 Å². The third kappa shape index (κ3) is 9.04. The van der Waals surface area contributed by atoms with Gasteiger partial charge in [-0.1, -0.05) is 0 Å². The molecule has 8 heterocycles. The number of fused-ring (bicyclic) bond motifs is 2.